The molecule has 9 nitrogen and oxygen atoms in total. The monoisotopic (exact) mass is 535 g/mol. The van der Waals surface area contributed by atoms with Crippen LogP contribution in [-0.2, 0) is 22.6 Å². The van der Waals surface area contributed by atoms with Crippen LogP contribution in [0.1, 0.15) is 64.1 Å². The molecule has 1 aromatic heterocycles. The summed E-state index contributed by atoms with van der Waals surface area (Å²) in [5.41, 5.74) is -0.684. The number of benzene rings is 1. The predicted molar refractivity (Wildman–Crippen MR) is 139 cm³/mol. The van der Waals surface area contributed by atoms with Crippen molar-refractivity contribution in [2.24, 2.45) is 5.41 Å². The number of nitrogens with one attached hydrogen (secondary N) is 2. The third-order valence-corrected chi connectivity index (χ3v) is 6.15. The minimum absolute atomic E-state index is 0.0120. The van der Waals surface area contributed by atoms with E-state index < -0.39 is 34.9 Å². The summed E-state index contributed by atoms with van der Waals surface area (Å²) in [5.74, 6) is -1.30. The molecule has 0 fully saturated rings. The number of imidazole rings is 1. The van der Waals surface area contributed by atoms with Gasteiger partial charge in [0.15, 0.2) is 5.69 Å². The molecule has 2 heterocycles. The van der Waals surface area contributed by atoms with Gasteiger partial charge in [-0.1, -0.05) is 32.4 Å². The molecular weight excluding hydrogens is 501 g/mol. The summed E-state index contributed by atoms with van der Waals surface area (Å²) >= 11 is 5.95. The van der Waals surface area contributed by atoms with Crippen LogP contribution in [-0.4, -0.2) is 57.6 Å². The van der Waals surface area contributed by atoms with Crippen LogP contribution in [0.2, 0.25) is 5.02 Å². The number of carbonyl (C=O) groups is 3. The third-order valence-electron chi connectivity index (χ3n) is 5.91. The predicted octanol–water partition coefficient (Wildman–Crippen LogP) is 4.37. The molecule has 0 aliphatic carbocycles. The second-order valence-electron chi connectivity index (χ2n) is 11.1. The largest absolute Gasteiger partial charge is 0.444 e. The molecule has 1 aliphatic heterocycles. The summed E-state index contributed by atoms with van der Waals surface area (Å²) in [4.78, 5) is 45.1. The topological polar surface area (TPSA) is 106 Å². The number of likely N-dealkylation sites (N-methyl/N-ethyl adjacent to an activating group) is 1. The van der Waals surface area contributed by atoms with Crippen LogP contribution in [0.5, 0.6) is 0 Å². The fourth-order valence-corrected chi connectivity index (χ4v) is 4.29. The van der Waals surface area contributed by atoms with E-state index in [0.29, 0.717) is 25.2 Å². The fraction of sp³-hybridized carbons (Fsp3) is 0.538. The van der Waals surface area contributed by atoms with Crippen molar-refractivity contribution < 1.29 is 23.5 Å². The van der Waals surface area contributed by atoms with Crippen molar-refractivity contribution >= 4 is 29.5 Å². The normalized spacial score (nSPS) is 14.9. The Hall–Kier alpha value is -3.14. The van der Waals surface area contributed by atoms with E-state index in [4.69, 9.17) is 16.3 Å². The second kappa shape index (κ2) is 10.7. The fourth-order valence-electron chi connectivity index (χ4n) is 4.13. The highest BCUT2D eigenvalue weighted by atomic mass is 35.5. The molecule has 1 aromatic carbocycles. The number of carbonyl (C=O) groups excluding carboxylic acids is 3. The second-order valence-corrected chi connectivity index (χ2v) is 11.6. The number of nitrogens with zero attached hydrogens (tertiary/aromatic N) is 3. The molecule has 3 amide bonds. The van der Waals surface area contributed by atoms with Gasteiger partial charge in [0.05, 0.1) is 17.8 Å². The summed E-state index contributed by atoms with van der Waals surface area (Å²) in [6.07, 6.45) is 0.0139. The van der Waals surface area contributed by atoms with E-state index in [-0.39, 0.29) is 34.6 Å². The minimum atomic E-state index is -0.856. The Morgan fingerprint density at radius 3 is 2.38 bits per heavy atom. The van der Waals surface area contributed by atoms with Crippen LogP contribution in [0.3, 0.4) is 0 Å². The number of rotatable bonds is 4. The summed E-state index contributed by atoms with van der Waals surface area (Å²) in [5, 5.41) is 5.60. The lowest BCUT2D eigenvalue weighted by Crippen LogP contribution is -2.53. The molecule has 202 valence electrons. The van der Waals surface area contributed by atoms with E-state index in [2.05, 4.69) is 15.6 Å². The molecular formula is C26H35ClFN5O4. The zero-order chi connectivity index (χ0) is 27.7. The lowest BCUT2D eigenvalue weighted by molar-refractivity contribution is -0.124. The highest BCUT2D eigenvalue weighted by Crippen LogP contribution is 2.30. The smallest absolute Gasteiger partial charge is 0.410 e. The van der Waals surface area contributed by atoms with Crippen LogP contribution in [0.4, 0.5) is 9.18 Å². The van der Waals surface area contributed by atoms with E-state index in [1.807, 2.05) is 20.8 Å². The lowest BCUT2D eigenvalue weighted by atomic mass is 9.86. The van der Waals surface area contributed by atoms with Gasteiger partial charge in [-0.3, -0.25) is 9.59 Å². The van der Waals surface area contributed by atoms with Gasteiger partial charge in [0, 0.05) is 25.2 Å². The van der Waals surface area contributed by atoms with E-state index in [0.717, 1.165) is 0 Å². The Labute approximate surface area is 221 Å². The van der Waals surface area contributed by atoms with Gasteiger partial charge in [-0.25, -0.2) is 14.2 Å². The molecule has 2 aromatic rings. The van der Waals surface area contributed by atoms with Crippen LogP contribution in [0, 0.1) is 11.2 Å². The zero-order valence-electron chi connectivity index (χ0n) is 22.4. The van der Waals surface area contributed by atoms with E-state index in [9.17, 15) is 18.8 Å². The maximum Gasteiger partial charge on any atom is 0.410 e. The average Bonchev–Trinajstić information content (AvgIpc) is 2.97. The molecule has 2 N–H and O–H groups in total. The molecule has 3 rings (SSSR count). The van der Waals surface area contributed by atoms with E-state index >= 15 is 0 Å². The van der Waals surface area contributed by atoms with Gasteiger partial charge in [-0.05, 0) is 50.8 Å². The molecule has 0 saturated heterocycles. The average molecular weight is 536 g/mol. The van der Waals surface area contributed by atoms with Gasteiger partial charge in [0.2, 0.25) is 5.91 Å². The highest BCUT2D eigenvalue weighted by Gasteiger charge is 2.36. The maximum absolute atomic E-state index is 15.0. The van der Waals surface area contributed by atoms with E-state index in [1.54, 1.807) is 31.4 Å². The molecule has 0 bridgehead atoms. The van der Waals surface area contributed by atoms with Crippen molar-refractivity contribution in [2.45, 2.75) is 72.7 Å². The van der Waals surface area contributed by atoms with Crippen molar-refractivity contribution in [1.82, 2.24) is 25.1 Å². The quantitative estimate of drug-likeness (QED) is 0.604. The Bertz CT molecular complexity index is 1200. The minimum Gasteiger partial charge on any atom is -0.444 e. The van der Waals surface area contributed by atoms with Crippen LogP contribution < -0.4 is 10.6 Å². The lowest BCUT2D eigenvalue weighted by Gasteiger charge is -2.30. The third kappa shape index (κ3) is 6.60. The number of amides is 3. The first kappa shape index (κ1) is 28.4. The Morgan fingerprint density at radius 1 is 1.14 bits per heavy atom. The molecule has 37 heavy (non-hydrogen) atoms. The summed E-state index contributed by atoms with van der Waals surface area (Å²) in [6, 6.07) is 3.38. The number of fused-ring (bicyclic) bond motifs is 1. The van der Waals surface area contributed by atoms with Gasteiger partial charge in [0.1, 0.15) is 23.3 Å². The number of hydrogen-bond acceptors (Lipinski definition) is 5. The Morgan fingerprint density at radius 2 is 1.81 bits per heavy atom. The first-order chi connectivity index (χ1) is 17.1. The summed E-state index contributed by atoms with van der Waals surface area (Å²) in [7, 11) is 1.50. The van der Waals surface area contributed by atoms with Gasteiger partial charge in [-0.15, -0.1) is 0 Å². The van der Waals surface area contributed by atoms with Crippen molar-refractivity contribution in [3.63, 3.8) is 0 Å². The van der Waals surface area contributed by atoms with Crippen LogP contribution >= 0.6 is 11.6 Å². The number of halogens is 2. The molecule has 11 heteroatoms. The SMILES string of the molecule is CNC(=O)[C@@H](NC(=O)c1nc(-c2ccc(Cl)cc2F)n2c1CN(C(=O)OC(C)(C)C)CCC2)C(C)(C)C. The zero-order valence-corrected chi connectivity index (χ0v) is 23.1. The van der Waals surface area contributed by atoms with Crippen molar-refractivity contribution in [2.75, 3.05) is 13.6 Å². The first-order valence-corrected chi connectivity index (χ1v) is 12.6. The standard InChI is InChI=1S/C26H35ClFN5O4/c1-25(2,3)20(23(35)29-7)31-22(34)19-18-14-32(24(36)37-26(4,5)6)11-8-12-33(18)21(30-19)16-10-9-15(27)13-17(16)28/h9-10,13,20H,8,11-12,14H2,1-7H3,(H,29,35)(H,31,34)/t20-/m1/s1. The van der Waals surface area contributed by atoms with Crippen molar-refractivity contribution in [3.8, 4) is 11.4 Å². The van der Waals surface area contributed by atoms with Gasteiger partial charge in [-0.2, -0.15) is 0 Å². The van der Waals surface area contributed by atoms with Crippen molar-refractivity contribution in [1.29, 1.82) is 0 Å². The molecule has 1 atom stereocenters. The van der Waals surface area contributed by atoms with Gasteiger partial charge >= 0.3 is 6.09 Å². The Balaban J connectivity index is 2.11. The van der Waals surface area contributed by atoms with Gasteiger partial charge in [0.25, 0.3) is 5.91 Å². The van der Waals surface area contributed by atoms with Crippen molar-refractivity contribution in [3.05, 3.63) is 40.4 Å². The highest BCUT2D eigenvalue weighted by molar-refractivity contribution is 6.30. The summed E-state index contributed by atoms with van der Waals surface area (Å²) in [6.45, 7) is 11.6. The van der Waals surface area contributed by atoms with E-state index in [1.165, 1.54) is 24.1 Å². The number of ether oxygens (including phenoxy) is 1. The van der Waals surface area contributed by atoms with Crippen LogP contribution in [0.15, 0.2) is 18.2 Å². The number of hydrogen-bond donors (Lipinski definition) is 2. The molecule has 1 aliphatic rings. The molecule has 0 saturated carbocycles. The first-order valence-electron chi connectivity index (χ1n) is 12.2. The molecule has 0 spiro atoms. The Kier molecular flexibility index (Phi) is 8.21. The van der Waals surface area contributed by atoms with Crippen LogP contribution in [0.25, 0.3) is 11.4 Å². The van der Waals surface area contributed by atoms with Gasteiger partial charge < -0.3 is 24.8 Å². The maximum atomic E-state index is 15.0. The molecule has 0 radical (unpaired) electrons. The summed E-state index contributed by atoms with van der Waals surface area (Å²) < 4.78 is 22.3. The molecule has 0 unspecified atom stereocenters. The number of aromatic nitrogens is 2.